The Bertz CT molecular complexity index is 2170. The van der Waals surface area contributed by atoms with E-state index in [9.17, 15) is 81.1 Å². The second kappa shape index (κ2) is 32.7. The number of esters is 1. The fourth-order valence-electron chi connectivity index (χ4n) is 10.7. The number of likely N-dealkylation sites (N-methyl/N-ethyl adjacent to an activating group) is 1. The van der Waals surface area contributed by atoms with Gasteiger partial charge in [0.15, 0.2) is 12.1 Å². The molecule has 4 fully saturated rings. The molecule has 24 nitrogen and oxygen atoms in total. The van der Waals surface area contributed by atoms with E-state index in [1.54, 1.807) is 97.7 Å². The van der Waals surface area contributed by atoms with Gasteiger partial charge in [0.2, 0.25) is 11.7 Å². The van der Waals surface area contributed by atoms with Crippen molar-refractivity contribution in [1.82, 2.24) is 15.1 Å². The molecule has 2 bridgehead atoms. The minimum absolute atomic E-state index is 0.124. The third kappa shape index (κ3) is 20.5. The summed E-state index contributed by atoms with van der Waals surface area (Å²) in [6, 6.07) is -1.33. The lowest BCUT2D eigenvalue weighted by atomic mass is 9.81. The van der Waals surface area contributed by atoms with E-state index in [1.807, 2.05) is 24.9 Å². The van der Waals surface area contributed by atoms with E-state index in [2.05, 4.69) is 5.32 Å². The Kier molecular flexibility index (Phi) is 27.6. The number of ether oxygens (including phenoxy) is 5. The summed E-state index contributed by atoms with van der Waals surface area (Å²) >= 11 is 0. The molecule has 0 aromatic heterocycles. The summed E-state index contributed by atoms with van der Waals surface area (Å²) in [4.78, 5) is 30.9. The van der Waals surface area contributed by atoms with Gasteiger partial charge < -0.3 is 110 Å². The van der Waals surface area contributed by atoms with E-state index >= 15 is 0 Å². The lowest BCUT2D eigenvalue weighted by Crippen LogP contribution is -2.69. The number of nitrogens with one attached hydrogen (secondary N) is 1. The maximum atomic E-state index is 14.5. The van der Waals surface area contributed by atoms with Gasteiger partial charge in [0, 0.05) is 63.7 Å². The summed E-state index contributed by atoms with van der Waals surface area (Å²) < 4.78 is 29.6. The lowest BCUT2D eigenvalue weighted by molar-refractivity contribution is -0.323. The van der Waals surface area contributed by atoms with Crippen LogP contribution in [0.15, 0.2) is 85.1 Å². The molecule has 5 aliphatic heterocycles. The molecule has 0 saturated carbocycles. The van der Waals surface area contributed by atoms with Crippen molar-refractivity contribution in [3.63, 3.8) is 0 Å². The number of fused-ring (bicyclic) bond motifs is 2. The first-order valence-corrected chi connectivity index (χ1v) is 28.5. The van der Waals surface area contributed by atoms with Gasteiger partial charge in [0.1, 0.15) is 30.5 Å². The summed E-state index contributed by atoms with van der Waals surface area (Å²) in [7, 11) is 1.90. The summed E-state index contributed by atoms with van der Waals surface area (Å²) in [5, 5.41) is 157. The Morgan fingerprint density at radius 1 is 0.646 bits per heavy atom. The first-order valence-electron chi connectivity index (χ1n) is 28.5. The normalized spacial score (nSPS) is 45.6. The van der Waals surface area contributed by atoms with E-state index in [-0.39, 0.29) is 31.6 Å². The summed E-state index contributed by atoms with van der Waals surface area (Å²) in [6.45, 7) is 7.20. The molecule has 0 aromatic rings. The Labute approximate surface area is 480 Å². The first kappa shape index (κ1) is 69.1. The number of carbonyl (C=O) groups is 2. The van der Waals surface area contributed by atoms with Gasteiger partial charge in [0.05, 0.1) is 98.7 Å². The molecule has 24 heteroatoms. The molecule has 23 atom stereocenters. The average molecular weight is 1170 g/mol. The predicted octanol–water partition coefficient (Wildman–Crippen LogP) is -2.17. The van der Waals surface area contributed by atoms with Crippen LogP contribution >= 0.6 is 0 Å². The number of carbonyl (C=O) groups excluding carboxylic acids is 2. The average Bonchev–Trinajstić information content (AvgIpc) is 2.43. The number of aliphatic hydroxyl groups excluding tert-OH is 12. The fourth-order valence-corrected chi connectivity index (χ4v) is 10.7. The van der Waals surface area contributed by atoms with E-state index in [0.29, 0.717) is 26.2 Å². The monoisotopic (exact) mass is 1170 g/mol. The molecule has 1 amide bonds. The maximum absolute atomic E-state index is 14.5. The van der Waals surface area contributed by atoms with E-state index in [1.165, 1.54) is 6.92 Å². The van der Waals surface area contributed by atoms with Crippen LogP contribution in [0.3, 0.4) is 0 Å². The van der Waals surface area contributed by atoms with Crippen LogP contribution in [0.4, 0.5) is 0 Å². The zero-order valence-electron chi connectivity index (χ0n) is 47.6. The molecule has 15 N–H and O–H groups in total. The summed E-state index contributed by atoms with van der Waals surface area (Å²) in [6.07, 6.45) is -2.63. The number of rotatable bonds is 6. The molecule has 5 rings (SSSR count). The van der Waals surface area contributed by atoms with Crippen molar-refractivity contribution in [2.75, 3.05) is 46.4 Å². The Balaban J connectivity index is 1.43. The number of allylic oxidation sites excluding steroid dienone is 12. The van der Waals surface area contributed by atoms with E-state index in [0.717, 1.165) is 0 Å². The SMILES string of the molecule is C[C@@H]1[C@H](O)[C@@H](C)/C=C/C=C/C=C/C=C/C=C/C=C/C=C/[C@H](OC2O[C@H](C)[C@@H](O)[C@H](NC[C@@]3(O)OC[C@@H](O)[C@@H](O)[C@@H]3O)[C@@H]2O)CC2O[C@](O)(C[C@@H](O)C[C@@H](O)[C@H](O)CC[C@@H](O)C[C@@H](O)CC(=O)O[C@H]1C)C[C@H](O)C2C(=O)N1CCN(C)CC1. The second-order valence-electron chi connectivity index (χ2n) is 22.8. The molecule has 3 unspecified atom stereocenters. The van der Waals surface area contributed by atoms with Crippen molar-refractivity contribution in [3.05, 3.63) is 85.1 Å². The van der Waals surface area contributed by atoms with Crippen LogP contribution in [-0.2, 0) is 33.3 Å². The Morgan fingerprint density at radius 2 is 1.24 bits per heavy atom. The molecule has 466 valence electrons. The molecular formula is C58H93N3O21. The van der Waals surface area contributed by atoms with Crippen LogP contribution in [-0.4, -0.2) is 261 Å². The highest BCUT2D eigenvalue weighted by atomic mass is 16.7. The van der Waals surface area contributed by atoms with E-state index in [4.69, 9.17) is 23.7 Å². The maximum Gasteiger partial charge on any atom is 0.308 e. The van der Waals surface area contributed by atoms with Crippen LogP contribution in [0.25, 0.3) is 0 Å². The lowest BCUT2D eigenvalue weighted by Gasteiger charge is -2.48. The number of hydrogen-bond donors (Lipinski definition) is 15. The number of hydrogen-bond acceptors (Lipinski definition) is 23. The van der Waals surface area contributed by atoms with E-state index < -0.39 is 184 Å². The number of piperazine rings is 1. The van der Waals surface area contributed by atoms with Gasteiger partial charge in [-0.25, -0.2) is 0 Å². The number of amides is 1. The minimum Gasteiger partial charge on any atom is -0.462 e. The Morgan fingerprint density at radius 3 is 1.87 bits per heavy atom. The van der Waals surface area contributed by atoms with Gasteiger partial charge in [-0.05, 0) is 40.2 Å². The summed E-state index contributed by atoms with van der Waals surface area (Å²) in [5.74, 6) is -8.12. The molecule has 0 aromatic carbocycles. The minimum atomic E-state index is -2.46. The molecule has 0 radical (unpaired) electrons. The summed E-state index contributed by atoms with van der Waals surface area (Å²) in [5.41, 5.74) is 0. The quantitative estimate of drug-likeness (QED) is 0.126. The molecule has 82 heavy (non-hydrogen) atoms. The predicted molar refractivity (Wildman–Crippen MR) is 296 cm³/mol. The number of cyclic esters (lactones) is 1. The van der Waals surface area contributed by atoms with Crippen LogP contribution < -0.4 is 5.32 Å². The van der Waals surface area contributed by atoms with Gasteiger partial charge in [-0.15, -0.1) is 0 Å². The molecule has 5 heterocycles. The topological polar surface area (TPSA) is 382 Å². The van der Waals surface area contributed by atoms with Gasteiger partial charge >= 0.3 is 5.97 Å². The van der Waals surface area contributed by atoms with Gasteiger partial charge in [0.25, 0.3) is 0 Å². The molecule has 0 spiro atoms. The van der Waals surface area contributed by atoms with Crippen molar-refractivity contribution in [1.29, 1.82) is 0 Å². The smallest absolute Gasteiger partial charge is 0.308 e. The van der Waals surface area contributed by atoms with Gasteiger partial charge in [-0.2, -0.15) is 0 Å². The van der Waals surface area contributed by atoms with Crippen LogP contribution in [0.2, 0.25) is 0 Å². The van der Waals surface area contributed by atoms with Crippen LogP contribution in [0.5, 0.6) is 0 Å². The Hall–Kier alpha value is -3.68. The third-order valence-electron chi connectivity index (χ3n) is 16.1. The highest BCUT2D eigenvalue weighted by Gasteiger charge is 2.53. The molecular weight excluding hydrogens is 1070 g/mol. The van der Waals surface area contributed by atoms with Gasteiger partial charge in [-0.3, -0.25) is 9.59 Å². The zero-order valence-corrected chi connectivity index (χ0v) is 47.6. The molecule has 4 saturated heterocycles. The zero-order chi connectivity index (χ0) is 60.5. The first-order chi connectivity index (χ1) is 38.7. The van der Waals surface area contributed by atoms with Gasteiger partial charge in [-0.1, -0.05) is 98.9 Å². The van der Waals surface area contributed by atoms with Crippen LogP contribution in [0, 0.1) is 17.8 Å². The molecule has 0 aliphatic carbocycles. The second-order valence-corrected chi connectivity index (χ2v) is 22.8. The fraction of sp³-hybridized carbons (Fsp3) is 0.724. The highest BCUT2D eigenvalue weighted by Crippen LogP contribution is 2.39. The largest absolute Gasteiger partial charge is 0.462 e. The van der Waals surface area contributed by atoms with Crippen molar-refractivity contribution >= 4 is 11.9 Å². The third-order valence-corrected chi connectivity index (χ3v) is 16.1. The van der Waals surface area contributed by atoms with Crippen molar-refractivity contribution in [2.45, 2.75) is 201 Å². The van der Waals surface area contributed by atoms with Crippen molar-refractivity contribution in [2.24, 2.45) is 17.8 Å². The van der Waals surface area contributed by atoms with Crippen molar-refractivity contribution < 1.29 is 105 Å². The number of nitrogens with zero attached hydrogens (tertiary/aromatic N) is 2. The van der Waals surface area contributed by atoms with Crippen LogP contribution in [0.1, 0.15) is 79.1 Å². The molecule has 5 aliphatic rings. The highest BCUT2D eigenvalue weighted by molar-refractivity contribution is 5.80. The number of aliphatic hydroxyl groups is 14. The van der Waals surface area contributed by atoms with Crippen molar-refractivity contribution in [3.8, 4) is 0 Å². The standard InChI is InChI=1S/C58H93N3O21/c1-34-18-16-14-12-10-8-6-7-9-11-13-15-17-19-41(81-56-53(73)49(51(71)37(4)80-56)59-33-58(77)54(74)52(72)45(68)32-78-58)29-46-48(55(75)61-24-22-60(5)23-25-61)44(67)31-57(76,82-46)30-40(64)27-43(66)42(65)21-20-38(62)26-39(63)28-47(69)79-36(3)35(2)50(34)70/h6-19,34-46,48-54,56,59,62-68,70-74,76-77H,20-33H2,1-5H3/b7-6+,10-8+,11-9+,14-12+,15-13+,18-16+,19-17+/t34-,35-,36-,37+,38+,39+,40-,41-,42+,43+,44-,45+,46?,48?,49-,50+,51+,52+,53-,54-,56?,57+,58+/m0/s1.